The second-order valence-corrected chi connectivity index (χ2v) is 6.37. The van der Waals surface area contributed by atoms with Crippen molar-refractivity contribution in [1.29, 1.82) is 0 Å². The Bertz CT molecular complexity index is 724. The molecule has 1 heterocycles. The Hall–Kier alpha value is -2.53. The normalized spacial score (nSPS) is 16.5. The molecule has 0 aromatic heterocycles. The number of benzene rings is 2. The van der Waals surface area contributed by atoms with Crippen LogP contribution in [0.2, 0.25) is 0 Å². The van der Waals surface area contributed by atoms with Gasteiger partial charge in [-0.2, -0.15) is 0 Å². The van der Waals surface area contributed by atoms with Crippen molar-refractivity contribution in [3.8, 4) is 5.75 Å². The van der Waals surface area contributed by atoms with Crippen LogP contribution in [0.5, 0.6) is 5.75 Å². The standard InChI is InChI=1S/C20H24N2O3/c1-22(2)17-8-3-6-15(12-17)20(23)21-16-7-4-9-18(13-16)25-14-19-10-5-11-24-19/h3-4,6-9,12-13,19H,5,10-11,14H2,1-2H3,(H,21,23). The maximum Gasteiger partial charge on any atom is 0.255 e. The quantitative estimate of drug-likeness (QED) is 0.873. The number of nitrogens with zero attached hydrogens (tertiary/aromatic N) is 1. The Morgan fingerprint density at radius 3 is 2.84 bits per heavy atom. The molecule has 1 atom stereocenters. The predicted octanol–water partition coefficient (Wildman–Crippen LogP) is 3.56. The lowest BCUT2D eigenvalue weighted by Crippen LogP contribution is -2.16. The molecule has 5 nitrogen and oxygen atoms in total. The largest absolute Gasteiger partial charge is 0.491 e. The minimum atomic E-state index is -0.139. The summed E-state index contributed by atoms with van der Waals surface area (Å²) in [5, 5.41) is 2.92. The first kappa shape index (κ1) is 17.3. The number of rotatable bonds is 6. The Morgan fingerprint density at radius 2 is 2.08 bits per heavy atom. The summed E-state index contributed by atoms with van der Waals surface area (Å²) in [4.78, 5) is 14.4. The van der Waals surface area contributed by atoms with Crippen molar-refractivity contribution < 1.29 is 14.3 Å². The average molecular weight is 340 g/mol. The fraction of sp³-hybridized carbons (Fsp3) is 0.350. The minimum absolute atomic E-state index is 0.139. The molecular weight excluding hydrogens is 316 g/mol. The van der Waals surface area contributed by atoms with Crippen LogP contribution in [0.1, 0.15) is 23.2 Å². The maximum absolute atomic E-state index is 12.5. The van der Waals surface area contributed by atoms with Gasteiger partial charge in [0.2, 0.25) is 0 Å². The first-order valence-corrected chi connectivity index (χ1v) is 8.55. The second kappa shape index (κ2) is 8.03. The number of carbonyl (C=O) groups excluding carboxylic acids is 1. The van der Waals surface area contributed by atoms with Gasteiger partial charge in [-0.05, 0) is 43.2 Å². The van der Waals surface area contributed by atoms with E-state index in [-0.39, 0.29) is 12.0 Å². The number of amides is 1. The zero-order chi connectivity index (χ0) is 17.6. The summed E-state index contributed by atoms with van der Waals surface area (Å²) in [5.41, 5.74) is 2.32. The van der Waals surface area contributed by atoms with Gasteiger partial charge < -0.3 is 19.7 Å². The van der Waals surface area contributed by atoms with E-state index in [0.717, 1.165) is 30.9 Å². The summed E-state index contributed by atoms with van der Waals surface area (Å²) in [7, 11) is 3.90. The summed E-state index contributed by atoms with van der Waals surface area (Å²) < 4.78 is 11.3. The van der Waals surface area contributed by atoms with E-state index in [4.69, 9.17) is 9.47 Å². The summed E-state index contributed by atoms with van der Waals surface area (Å²) in [6.07, 6.45) is 2.31. The molecule has 25 heavy (non-hydrogen) atoms. The molecule has 5 heteroatoms. The van der Waals surface area contributed by atoms with Crippen LogP contribution in [-0.4, -0.2) is 39.3 Å². The molecule has 1 saturated heterocycles. The van der Waals surface area contributed by atoms with Crippen LogP contribution in [0.15, 0.2) is 48.5 Å². The zero-order valence-corrected chi connectivity index (χ0v) is 14.7. The van der Waals surface area contributed by atoms with Gasteiger partial charge in [0.05, 0.1) is 6.10 Å². The Morgan fingerprint density at radius 1 is 1.24 bits per heavy atom. The third-order valence-electron chi connectivity index (χ3n) is 4.18. The lowest BCUT2D eigenvalue weighted by molar-refractivity contribution is 0.0680. The van der Waals surface area contributed by atoms with Crippen molar-refractivity contribution in [2.45, 2.75) is 18.9 Å². The van der Waals surface area contributed by atoms with E-state index >= 15 is 0 Å². The number of nitrogens with one attached hydrogen (secondary N) is 1. The van der Waals surface area contributed by atoms with Gasteiger partial charge in [0.15, 0.2) is 0 Å². The molecule has 0 spiro atoms. The molecule has 0 aliphatic carbocycles. The first-order valence-electron chi connectivity index (χ1n) is 8.55. The molecule has 1 N–H and O–H groups in total. The Kier molecular flexibility index (Phi) is 5.56. The van der Waals surface area contributed by atoms with Crippen LogP contribution in [0.3, 0.4) is 0 Å². The van der Waals surface area contributed by atoms with Gasteiger partial charge in [0.25, 0.3) is 5.91 Å². The molecule has 1 amide bonds. The number of hydrogen-bond donors (Lipinski definition) is 1. The third-order valence-corrected chi connectivity index (χ3v) is 4.18. The summed E-state index contributed by atoms with van der Waals surface area (Å²) in [6.45, 7) is 1.36. The Balaban J connectivity index is 1.63. The van der Waals surface area contributed by atoms with Crippen molar-refractivity contribution in [3.63, 3.8) is 0 Å². The fourth-order valence-corrected chi connectivity index (χ4v) is 2.76. The molecule has 2 aromatic carbocycles. The molecular formula is C20H24N2O3. The molecule has 0 bridgehead atoms. The summed E-state index contributed by atoms with van der Waals surface area (Å²) in [6, 6.07) is 15.0. The molecule has 0 radical (unpaired) electrons. The molecule has 2 aromatic rings. The van der Waals surface area contributed by atoms with Crippen molar-refractivity contribution in [1.82, 2.24) is 0 Å². The molecule has 0 saturated carbocycles. The number of ether oxygens (including phenoxy) is 2. The molecule has 1 fully saturated rings. The van der Waals surface area contributed by atoms with Gasteiger partial charge in [-0.1, -0.05) is 12.1 Å². The fourth-order valence-electron chi connectivity index (χ4n) is 2.76. The van der Waals surface area contributed by atoms with Crippen molar-refractivity contribution >= 4 is 17.3 Å². The van der Waals surface area contributed by atoms with Gasteiger partial charge in [-0.25, -0.2) is 0 Å². The van der Waals surface area contributed by atoms with Crippen LogP contribution in [-0.2, 0) is 4.74 Å². The molecule has 1 unspecified atom stereocenters. The highest BCUT2D eigenvalue weighted by Gasteiger charge is 2.16. The highest BCUT2D eigenvalue weighted by atomic mass is 16.5. The maximum atomic E-state index is 12.5. The van der Waals surface area contributed by atoms with E-state index in [2.05, 4.69) is 5.32 Å². The van der Waals surface area contributed by atoms with Crippen LogP contribution in [0, 0.1) is 0 Å². The lowest BCUT2D eigenvalue weighted by Gasteiger charge is -2.14. The van der Waals surface area contributed by atoms with Crippen LogP contribution in [0.4, 0.5) is 11.4 Å². The van der Waals surface area contributed by atoms with E-state index in [1.807, 2.05) is 61.5 Å². The van der Waals surface area contributed by atoms with E-state index in [9.17, 15) is 4.79 Å². The minimum Gasteiger partial charge on any atom is -0.491 e. The van der Waals surface area contributed by atoms with Crippen LogP contribution in [0.25, 0.3) is 0 Å². The summed E-state index contributed by atoms with van der Waals surface area (Å²) >= 11 is 0. The van der Waals surface area contributed by atoms with Gasteiger partial charge in [-0.15, -0.1) is 0 Å². The van der Waals surface area contributed by atoms with Crippen molar-refractivity contribution in [2.24, 2.45) is 0 Å². The lowest BCUT2D eigenvalue weighted by atomic mass is 10.1. The number of carbonyl (C=O) groups is 1. The Labute approximate surface area is 148 Å². The molecule has 1 aliphatic heterocycles. The van der Waals surface area contributed by atoms with E-state index < -0.39 is 0 Å². The summed E-state index contributed by atoms with van der Waals surface area (Å²) in [5.74, 6) is 0.593. The number of hydrogen-bond acceptors (Lipinski definition) is 4. The first-order chi connectivity index (χ1) is 12.1. The van der Waals surface area contributed by atoms with Gasteiger partial charge in [-0.3, -0.25) is 4.79 Å². The smallest absolute Gasteiger partial charge is 0.255 e. The number of anilines is 2. The molecule has 1 aliphatic rings. The van der Waals surface area contributed by atoms with E-state index in [0.29, 0.717) is 17.9 Å². The van der Waals surface area contributed by atoms with Crippen LogP contribution < -0.4 is 15.0 Å². The highest BCUT2D eigenvalue weighted by Crippen LogP contribution is 2.21. The van der Waals surface area contributed by atoms with Gasteiger partial charge in [0.1, 0.15) is 12.4 Å². The highest BCUT2D eigenvalue weighted by molar-refractivity contribution is 6.04. The van der Waals surface area contributed by atoms with Gasteiger partial charge >= 0.3 is 0 Å². The topological polar surface area (TPSA) is 50.8 Å². The van der Waals surface area contributed by atoms with E-state index in [1.165, 1.54) is 0 Å². The van der Waals surface area contributed by atoms with Crippen molar-refractivity contribution in [2.75, 3.05) is 37.5 Å². The van der Waals surface area contributed by atoms with Crippen molar-refractivity contribution in [3.05, 3.63) is 54.1 Å². The van der Waals surface area contributed by atoms with Crippen LogP contribution >= 0.6 is 0 Å². The van der Waals surface area contributed by atoms with Gasteiger partial charge in [0, 0.05) is 43.7 Å². The molecule has 132 valence electrons. The monoisotopic (exact) mass is 340 g/mol. The SMILES string of the molecule is CN(C)c1cccc(C(=O)Nc2cccc(OCC3CCCO3)c2)c1. The third kappa shape index (κ3) is 4.73. The zero-order valence-electron chi connectivity index (χ0n) is 14.7. The molecule has 3 rings (SSSR count). The second-order valence-electron chi connectivity index (χ2n) is 6.37. The predicted molar refractivity (Wildman–Crippen MR) is 99.6 cm³/mol. The van der Waals surface area contributed by atoms with E-state index in [1.54, 1.807) is 6.07 Å². The average Bonchev–Trinajstić information content (AvgIpc) is 3.14.